The van der Waals surface area contributed by atoms with Gasteiger partial charge in [-0.05, 0) is 17.9 Å². The smallest absolute Gasteiger partial charge is 0.158 e. The SMILES string of the molecule is COCCCOCCOCc1nc(NN)c2ccsc2n1. The number of fused-ring (bicyclic) bond motifs is 1. The van der Waals surface area contributed by atoms with Crippen LogP contribution >= 0.6 is 11.3 Å². The Kier molecular flexibility index (Phi) is 6.77. The normalized spacial score (nSPS) is 11.1. The maximum atomic E-state index is 5.51. The Morgan fingerprint density at radius 3 is 2.86 bits per heavy atom. The number of thiophene rings is 1. The molecule has 2 rings (SSSR count). The lowest BCUT2D eigenvalue weighted by Gasteiger charge is -2.07. The summed E-state index contributed by atoms with van der Waals surface area (Å²) in [6.45, 7) is 2.78. The van der Waals surface area contributed by atoms with Crippen molar-refractivity contribution in [2.24, 2.45) is 5.84 Å². The molecule has 0 fully saturated rings. The zero-order valence-corrected chi connectivity index (χ0v) is 12.8. The van der Waals surface area contributed by atoms with E-state index in [0.29, 0.717) is 44.7 Å². The minimum Gasteiger partial charge on any atom is -0.385 e. The van der Waals surface area contributed by atoms with Crippen molar-refractivity contribution in [1.82, 2.24) is 9.97 Å². The van der Waals surface area contributed by atoms with Gasteiger partial charge in [0.1, 0.15) is 11.4 Å². The van der Waals surface area contributed by atoms with E-state index < -0.39 is 0 Å². The van der Waals surface area contributed by atoms with Gasteiger partial charge in [0.05, 0.1) is 18.6 Å². The lowest BCUT2D eigenvalue weighted by molar-refractivity contribution is 0.0318. The molecule has 0 saturated carbocycles. The van der Waals surface area contributed by atoms with Crippen molar-refractivity contribution >= 4 is 27.4 Å². The highest BCUT2D eigenvalue weighted by molar-refractivity contribution is 7.16. The maximum absolute atomic E-state index is 5.51. The molecule has 3 N–H and O–H groups in total. The van der Waals surface area contributed by atoms with Crippen LogP contribution in [0.4, 0.5) is 5.82 Å². The summed E-state index contributed by atoms with van der Waals surface area (Å²) >= 11 is 1.55. The van der Waals surface area contributed by atoms with Gasteiger partial charge in [0.15, 0.2) is 11.6 Å². The van der Waals surface area contributed by atoms with Crippen molar-refractivity contribution in [2.45, 2.75) is 13.0 Å². The van der Waals surface area contributed by atoms with E-state index >= 15 is 0 Å². The average Bonchev–Trinajstić information content (AvgIpc) is 2.97. The summed E-state index contributed by atoms with van der Waals surface area (Å²) in [6, 6.07) is 1.94. The second-order valence-electron chi connectivity index (χ2n) is 4.28. The highest BCUT2D eigenvalue weighted by atomic mass is 32.1. The molecular weight excluding hydrogens is 292 g/mol. The molecule has 2 aromatic rings. The second kappa shape index (κ2) is 8.85. The van der Waals surface area contributed by atoms with E-state index in [9.17, 15) is 0 Å². The second-order valence-corrected chi connectivity index (χ2v) is 5.18. The first kappa shape index (κ1) is 16.1. The quantitative estimate of drug-likeness (QED) is 0.390. The number of nitrogens with one attached hydrogen (secondary N) is 1. The molecule has 0 atom stereocenters. The molecule has 0 bridgehead atoms. The Labute approximate surface area is 127 Å². The van der Waals surface area contributed by atoms with Gasteiger partial charge in [-0.1, -0.05) is 0 Å². The average molecular weight is 312 g/mol. The Morgan fingerprint density at radius 1 is 1.19 bits per heavy atom. The van der Waals surface area contributed by atoms with Crippen LogP contribution in [0.25, 0.3) is 10.2 Å². The van der Waals surface area contributed by atoms with Gasteiger partial charge in [0, 0.05) is 20.3 Å². The number of aromatic nitrogens is 2. The van der Waals surface area contributed by atoms with Gasteiger partial charge < -0.3 is 19.6 Å². The van der Waals surface area contributed by atoms with E-state index in [1.54, 1.807) is 18.4 Å². The first-order valence-corrected chi connectivity index (χ1v) is 7.58. The monoisotopic (exact) mass is 312 g/mol. The third-order valence-electron chi connectivity index (χ3n) is 2.75. The Bertz CT molecular complexity index is 549. The standard InChI is InChI=1S/C13H20N4O3S/c1-18-4-2-5-19-6-7-20-9-11-15-12(17-14)10-3-8-21-13(10)16-11/h3,8H,2,4-7,9,14H2,1H3,(H,15,16,17). The molecule has 8 heteroatoms. The molecule has 0 amide bonds. The van der Waals surface area contributed by atoms with E-state index in [4.69, 9.17) is 20.1 Å². The molecule has 0 spiro atoms. The fourth-order valence-electron chi connectivity index (χ4n) is 1.76. The molecule has 0 saturated heterocycles. The molecule has 0 aliphatic rings. The van der Waals surface area contributed by atoms with Crippen molar-refractivity contribution in [3.63, 3.8) is 0 Å². The first-order valence-electron chi connectivity index (χ1n) is 6.70. The van der Waals surface area contributed by atoms with Crippen LogP contribution < -0.4 is 11.3 Å². The van der Waals surface area contributed by atoms with E-state index in [1.165, 1.54) is 0 Å². The van der Waals surface area contributed by atoms with Crippen LogP contribution in [-0.4, -0.2) is 43.5 Å². The minimum absolute atomic E-state index is 0.337. The van der Waals surface area contributed by atoms with Crippen molar-refractivity contribution < 1.29 is 14.2 Å². The van der Waals surface area contributed by atoms with Crippen LogP contribution in [-0.2, 0) is 20.8 Å². The van der Waals surface area contributed by atoms with Crippen LogP contribution in [0.15, 0.2) is 11.4 Å². The lowest BCUT2D eigenvalue weighted by Crippen LogP contribution is -2.12. The number of anilines is 1. The summed E-state index contributed by atoms with van der Waals surface area (Å²) in [4.78, 5) is 9.65. The van der Waals surface area contributed by atoms with Crippen molar-refractivity contribution in [3.05, 3.63) is 17.3 Å². The Morgan fingerprint density at radius 2 is 2.05 bits per heavy atom. The summed E-state index contributed by atoms with van der Waals surface area (Å²) in [5.74, 6) is 6.70. The molecule has 0 radical (unpaired) electrons. The van der Waals surface area contributed by atoms with Crippen LogP contribution in [0.1, 0.15) is 12.2 Å². The molecule has 0 aromatic carbocycles. The number of methoxy groups -OCH3 is 1. The fourth-order valence-corrected chi connectivity index (χ4v) is 2.55. The molecule has 116 valence electrons. The number of hydrogen-bond donors (Lipinski definition) is 2. The Hall–Kier alpha value is -1.32. The van der Waals surface area contributed by atoms with E-state index in [0.717, 1.165) is 16.6 Å². The van der Waals surface area contributed by atoms with Crippen molar-refractivity contribution in [2.75, 3.05) is 39.0 Å². The minimum atomic E-state index is 0.337. The molecule has 0 unspecified atom stereocenters. The molecule has 2 heterocycles. The van der Waals surface area contributed by atoms with Crippen molar-refractivity contribution in [1.29, 1.82) is 0 Å². The molecular formula is C13H20N4O3S. The number of nitrogen functional groups attached to an aromatic ring is 1. The van der Waals surface area contributed by atoms with Gasteiger partial charge in [0.25, 0.3) is 0 Å². The summed E-state index contributed by atoms with van der Waals surface area (Å²) in [5.41, 5.74) is 2.59. The molecule has 2 aromatic heterocycles. The van der Waals surface area contributed by atoms with Gasteiger partial charge in [-0.15, -0.1) is 11.3 Å². The largest absolute Gasteiger partial charge is 0.385 e. The highest BCUT2D eigenvalue weighted by Crippen LogP contribution is 2.24. The summed E-state index contributed by atoms with van der Waals surface area (Å²) in [5, 5.41) is 2.88. The summed E-state index contributed by atoms with van der Waals surface area (Å²) in [6.07, 6.45) is 0.889. The van der Waals surface area contributed by atoms with Crippen LogP contribution in [0.2, 0.25) is 0 Å². The number of hydrogen-bond acceptors (Lipinski definition) is 8. The third kappa shape index (κ3) is 4.87. The van der Waals surface area contributed by atoms with E-state index in [-0.39, 0.29) is 0 Å². The third-order valence-corrected chi connectivity index (χ3v) is 3.56. The van der Waals surface area contributed by atoms with Crippen LogP contribution in [0, 0.1) is 0 Å². The Balaban J connectivity index is 1.73. The van der Waals surface area contributed by atoms with Gasteiger partial charge in [-0.2, -0.15) is 0 Å². The predicted molar refractivity (Wildman–Crippen MR) is 82.2 cm³/mol. The number of nitrogens with two attached hydrogens (primary N) is 1. The van der Waals surface area contributed by atoms with Gasteiger partial charge in [-0.25, -0.2) is 15.8 Å². The van der Waals surface area contributed by atoms with Gasteiger partial charge in [-0.3, -0.25) is 0 Å². The first-order chi connectivity index (χ1) is 10.3. The lowest BCUT2D eigenvalue weighted by atomic mass is 10.4. The predicted octanol–water partition coefficient (Wildman–Crippen LogP) is 1.55. The van der Waals surface area contributed by atoms with Crippen LogP contribution in [0.3, 0.4) is 0 Å². The fraction of sp³-hybridized carbons (Fsp3) is 0.538. The zero-order chi connectivity index (χ0) is 14.9. The highest BCUT2D eigenvalue weighted by Gasteiger charge is 2.07. The summed E-state index contributed by atoms with van der Waals surface area (Å²) < 4.78 is 15.8. The molecule has 0 aliphatic heterocycles. The van der Waals surface area contributed by atoms with E-state index in [1.807, 2.05) is 11.4 Å². The molecule has 0 aliphatic carbocycles. The number of rotatable bonds is 10. The number of nitrogens with zero attached hydrogens (tertiary/aromatic N) is 2. The zero-order valence-electron chi connectivity index (χ0n) is 12.0. The number of ether oxygens (including phenoxy) is 3. The topological polar surface area (TPSA) is 91.5 Å². The summed E-state index contributed by atoms with van der Waals surface area (Å²) in [7, 11) is 1.68. The number of hydrazine groups is 1. The van der Waals surface area contributed by atoms with Crippen molar-refractivity contribution in [3.8, 4) is 0 Å². The van der Waals surface area contributed by atoms with Gasteiger partial charge >= 0.3 is 0 Å². The van der Waals surface area contributed by atoms with E-state index in [2.05, 4.69) is 15.4 Å². The maximum Gasteiger partial charge on any atom is 0.158 e. The molecule has 21 heavy (non-hydrogen) atoms. The van der Waals surface area contributed by atoms with Crippen LogP contribution in [0.5, 0.6) is 0 Å². The molecule has 7 nitrogen and oxygen atoms in total. The van der Waals surface area contributed by atoms with Gasteiger partial charge in [0.2, 0.25) is 0 Å².